The van der Waals surface area contributed by atoms with Gasteiger partial charge in [-0.25, -0.2) is 0 Å². The zero-order valence-electron chi connectivity index (χ0n) is 17.9. The SMILES string of the molecule is CC(C)[C@H](NO)C(=O)N[C@@H](CCCCN1CCCCC1)C(=O)NCC(=O)C1CC1. The first-order chi connectivity index (χ1) is 13.9. The third-order valence-corrected chi connectivity index (χ3v) is 5.86. The Hall–Kier alpha value is -1.51. The molecule has 0 aromatic heterocycles. The molecular weight excluding hydrogens is 372 g/mol. The summed E-state index contributed by atoms with van der Waals surface area (Å²) in [6.45, 7) is 6.94. The van der Waals surface area contributed by atoms with Gasteiger partial charge in [-0.3, -0.25) is 14.4 Å². The summed E-state index contributed by atoms with van der Waals surface area (Å²) in [7, 11) is 0. The Balaban J connectivity index is 1.83. The van der Waals surface area contributed by atoms with Crippen LogP contribution in [0.2, 0.25) is 0 Å². The molecule has 1 aliphatic heterocycles. The maximum atomic E-state index is 12.6. The van der Waals surface area contributed by atoms with Crippen molar-refractivity contribution >= 4 is 17.6 Å². The summed E-state index contributed by atoms with van der Waals surface area (Å²) in [5.41, 5.74) is 2.02. The summed E-state index contributed by atoms with van der Waals surface area (Å²) in [5.74, 6) is -0.709. The van der Waals surface area contributed by atoms with Crippen molar-refractivity contribution in [3.05, 3.63) is 0 Å². The maximum absolute atomic E-state index is 12.6. The van der Waals surface area contributed by atoms with E-state index in [0.29, 0.717) is 6.42 Å². The van der Waals surface area contributed by atoms with Crippen LogP contribution in [0.5, 0.6) is 0 Å². The van der Waals surface area contributed by atoms with E-state index < -0.39 is 18.0 Å². The summed E-state index contributed by atoms with van der Waals surface area (Å²) in [6.07, 6.45) is 7.91. The maximum Gasteiger partial charge on any atom is 0.242 e. The van der Waals surface area contributed by atoms with Crippen LogP contribution in [0, 0.1) is 11.8 Å². The van der Waals surface area contributed by atoms with Crippen LogP contribution < -0.4 is 16.1 Å². The number of amides is 2. The predicted molar refractivity (Wildman–Crippen MR) is 110 cm³/mol. The fraction of sp³-hybridized carbons (Fsp3) is 0.857. The first-order valence-corrected chi connectivity index (χ1v) is 11.1. The van der Waals surface area contributed by atoms with Gasteiger partial charge < -0.3 is 20.7 Å². The summed E-state index contributed by atoms with van der Waals surface area (Å²) in [5, 5.41) is 14.7. The van der Waals surface area contributed by atoms with E-state index in [1.54, 1.807) is 0 Å². The Kier molecular flexibility index (Phi) is 10.0. The Morgan fingerprint density at radius 1 is 1.03 bits per heavy atom. The number of Topliss-reactive ketones (excluding diaryl/α,β-unsaturated/α-hetero) is 1. The van der Waals surface area contributed by atoms with Crippen LogP contribution in [0.1, 0.15) is 65.2 Å². The number of nitrogens with one attached hydrogen (secondary N) is 3. The van der Waals surface area contributed by atoms with Crippen molar-refractivity contribution in [2.75, 3.05) is 26.2 Å². The normalized spacial score (nSPS) is 19.6. The highest BCUT2D eigenvalue weighted by molar-refractivity contribution is 5.93. The standard InChI is InChI=1S/C21H38N4O4/c1-15(2)19(24-29)21(28)23-17(20(27)22-14-18(26)16-9-10-16)8-4-7-13-25-11-5-3-6-12-25/h15-17,19,24,29H,3-14H2,1-2H3,(H,22,27)(H,23,28)/t17-,19-/m0/s1. The van der Waals surface area contributed by atoms with E-state index in [1.807, 2.05) is 19.3 Å². The number of unbranched alkanes of at least 4 members (excludes halogenated alkanes) is 1. The minimum atomic E-state index is -0.785. The molecule has 0 bridgehead atoms. The average Bonchev–Trinajstić information content (AvgIpc) is 3.54. The highest BCUT2D eigenvalue weighted by atomic mass is 16.5. The van der Waals surface area contributed by atoms with Crippen molar-refractivity contribution in [3.63, 3.8) is 0 Å². The quantitative estimate of drug-likeness (QED) is 0.268. The van der Waals surface area contributed by atoms with Gasteiger partial charge in [0.15, 0.2) is 5.78 Å². The molecule has 1 saturated heterocycles. The van der Waals surface area contributed by atoms with Crippen molar-refractivity contribution < 1.29 is 19.6 Å². The fourth-order valence-electron chi connectivity index (χ4n) is 3.75. The monoisotopic (exact) mass is 410 g/mol. The number of hydrogen-bond donors (Lipinski definition) is 4. The van der Waals surface area contributed by atoms with Crippen LogP contribution in [0.3, 0.4) is 0 Å². The molecule has 0 spiro atoms. The molecule has 2 atom stereocenters. The highest BCUT2D eigenvalue weighted by Crippen LogP contribution is 2.29. The first-order valence-electron chi connectivity index (χ1n) is 11.1. The van der Waals surface area contributed by atoms with Gasteiger partial charge in [-0.05, 0) is 70.5 Å². The topological polar surface area (TPSA) is 111 Å². The van der Waals surface area contributed by atoms with Crippen LogP contribution in [0.15, 0.2) is 0 Å². The zero-order chi connectivity index (χ0) is 21.2. The number of hydroxylamine groups is 1. The van der Waals surface area contributed by atoms with Gasteiger partial charge in [-0.15, -0.1) is 0 Å². The van der Waals surface area contributed by atoms with E-state index in [-0.39, 0.29) is 30.1 Å². The molecule has 29 heavy (non-hydrogen) atoms. The molecule has 1 aliphatic carbocycles. The molecule has 1 heterocycles. The fourth-order valence-corrected chi connectivity index (χ4v) is 3.75. The third kappa shape index (κ3) is 8.40. The Labute approximate surface area is 174 Å². The molecule has 0 unspecified atom stereocenters. The van der Waals surface area contributed by atoms with E-state index in [0.717, 1.165) is 45.3 Å². The van der Waals surface area contributed by atoms with Crippen molar-refractivity contribution in [2.45, 2.75) is 77.3 Å². The van der Waals surface area contributed by atoms with Gasteiger partial charge in [-0.1, -0.05) is 20.3 Å². The van der Waals surface area contributed by atoms with Crippen molar-refractivity contribution in [3.8, 4) is 0 Å². The predicted octanol–water partition coefficient (Wildman–Crippen LogP) is 1.23. The molecule has 2 rings (SSSR count). The minimum Gasteiger partial charge on any atom is -0.347 e. The highest BCUT2D eigenvalue weighted by Gasteiger charge is 2.31. The molecule has 0 aromatic rings. The molecule has 2 fully saturated rings. The van der Waals surface area contributed by atoms with Crippen molar-refractivity contribution in [1.29, 1.82) is 0 Å². The lowest BCUT2D eigenvalue weighted by Crippen LogP contribution is -2.54. The lowest BCUT2D eigenvalue weighted by atomic mass is 10.0. The van der Waals surface area contributed by atoms with E-state index >= 15 is 0 Å². The summed E-state index contributed by atoms with van der Waals surface area (Å²) < 4.78 is 0. The number of ketones is 1. The van der Waals surface area contributed by atoms with E-state index in [9.17, 15) is 19.6 Å². The Morgan fingerprint density at radius 3 is 2.31 bits per heavy atom. The van der Waals surface area contributed by atoms with E-state index in [4.69, 9.17) is 0 Å². The number of hydrogen-bond acceptors (Lipinski definition) is 6. The van der Waals surface area contributed by atoms with Crippen LogP contribution in [0.4, 0.5) is 0 Å². The molecule has 0 radical (unpaired) electrons. The number of piperidine rings is 1. The average molecular weight is 411 g/mol. The number of rotatable bonds is 13. The summed E-state index contributed by atoms with van der Waals surface area (Å²) in [6, 6.07) is -1.49. The molecule has 2 aliphatic rings. The lowest BCUT2D eigenvalue weighted by molar-refractivity contribution is -0.133. The molecule has 0 aromatic carbocycles. The van der Waals surface area contributed by atoms with E-state index in [1.165, 1.54) is 19.3 Å². The van der Waals surface area contributed by atoms with Crippen LogP contribution in [-0.4, -0.2) is 66.0 Å². The second-order valence-corrected chi connectivity index (χ2v) is 8.77. The minimum absolute atomic E-state index is 0.0233. The van der Waals surface area contributed by atoms with Gasteiger partial charge in [0.1, 0.15) is 12.1 Å². The number of nitrogens with zero attached hydrogens (tertiary/aromatic N) is 1. The molecule has 2 amide bonds. The molecule has 8 heteroatoms. The zero-order valence-corrected chi connectivity index (χ0v) is 17.9. The smallest absolute Gasteiger partial charge is 0.242 e. The second-order valence-electron chi connectivity index (χ2n) is 8.77. The lowest BCUT2D eigenvalue weighted by Gasteiger charge is -2.27. The van der Waals surface area contributed by atoms with Crippen LogP contribution in [0.25, 0.3) is 0 Å². The summed E-state index contributed by atoms with van der Waals surface area (Å²) >= 11 is 0. The molecule has 166 valence electrons. The second kappa shape index (κ2) is 12.2. The van der Waals surface area contributed by atoms with Gasteiger partial charge in [0.2, 0.25) is 11.8 Å². The van der Waals surface area contributed by atoms with Gasteiger partial charge in [0.25, 0.3) is 0 Å². The largest absolute Gasteiger partial charge is 0.347 e. The molecule has 8 nitrogen and oxygen atoms in total. The van der Waals surface area contributed by atoms with Crippen molar-refractivity contribution in [2.24, 2.45) is 11.8 Å². The van der Waals surface area contributed by atoms with Crippen molar-refractivity contribution in [1.82, 2.24) is 21.0 Å². The molecule has 1 saturated carbocycles. The summed E-state index contributed by atoms with van der Waals surface area (Å²) in [4.78, 5) is 39.4. The van der Waals surface area contributed by atoms with E-state index in [2.05, 4.69) is 15.5 Å². The van der Waals surface area contributed by atoms with Gasteiger partial charge in [0.05, 0.1) is 6.54 Å². The number of carbonyl (C=O) groups excluding carboxylic acids is 3. The first kappa shape index (κ1) is 23.8. The molecule has 4 N–H and O–H groups in total. The van der Waals surface area contributed by atoms with Gasteiger partial charge in [0, 0.05) is 5.92 Å². The van der Waals surface area contributed by atoms with Crippen LogP contribution in [-0.2, 0) is 14.4 Å². The number of likely N-dealkylation sites (tertiary alicyclic amines) is 1. The van der Waals surface area contributed by atoms with Gasteiger partial charge >= 0.3 is 0 Å². The molecular formula is C21H38N4O4. The Morgan fingerprint density at radius 2 is 1.72 bits per heavy atom. The van der Waals surface area contributed by atoms with Gasteiger partial charge in [-0.2, -0.15) is 5.48 Å². The third-order valence-electron chi connectivity index (χ3n) is 5.86. The number of carbonyl (C=O) groups is 3. The van der Waals surface area contributed by atoms with Crippen LogP contribution >= 0.6 is 0 Å². The Bertz CT molecular complexity index is 545.